The standard InChI is InChI=1S/C13H19NO4/c1-8(15)13-9(4-3-5-12(13)18-2)14-6-10(16)11(17)7-14/h3-5,8,10-11,15-17H,6-7H2,1-2H3/t8-,10?,11?/m1/s1. The summed E-state index contributed by atoms with van der Waals surface area (Å²) in [6.07, 6.45) is -2.18. The van der Waals surface area contributed by atoms with Crippen molar-refractivity contribution < 1.29 is 20.1 Å². The molecule has 0 aliphatic carbocycles. The molecule has 5 nitrogen and oxygen atoms in total. The molecule has 1 aliphatic rings. The van der Waals surface area contributed by atoms with Crippen molar-refractivity contribution in [2.45, 2.75) is 25.2 Å². The summed E-state index contributed by atoms with van der Waals surface area (Å²) in [6, 6.07) is 5.47. The molecular weight excluding hydrogens is 234 g/mol. The van der Waals surface area contributed by atoms with E-state index in [1.54, 1.807) is 20.1 Å². The molecule has 0 spiro atoms. The molecular formula is C13H19NO4. The normalized spacial score (nSPS) is 25.3. The lowest BCUT2D eigenvalue weighted by molar-refractivity contribution is 0.0572. The van der Waals surface area contributed by atoms with Crippen LogP contribution in [0.25, 0.3) is 0 Å². The van der Waals surface area contributed by atoms with Crippen LogP contribution < -0.4 is 9.64 Å². The SMILES string of the molecule is COc1cccc(N2CC(O)C(O)C2)c1[C@@H](C)O. The molecule has 1 aromatic carbocycles. The highest BCUT2D eigenvalue weighted by Gasteiger charge is 2.31. The van der Waals surface area contributed by atoms with Crippen LogP contribution in [0.5, 0.6) is 5.75 Å². The second-order valence-corrected chi connectivity index (χ2v) is 4.61. The molecule has 2 unspecified atom stereocenters. The predicted molar refractivity (Wildman–Crippen MR) is 67.9 cm³/mol. The zero-order valence-corrected chi connectivity index (χ0v) is 10.6. The number of aliphatic hydroxyl groups excluding tert-OH is 3. The fourth-order valence-electron chi connectivity index (χ4n) is 2.37. The molecule has 1 aromatic rings. The Labute approximate surface area is 106 Å². The number of benzene rings is 1. The highest BCUT2D eigenvalue weighted by molar-refractivity contribution is 5.61. The average molecular weight is 253 g/mol. The number of anilines is 1. The van der Waals surface area contributed by atoms with Gasteiger partial charge in [0.15, 0.2) is 0 Å². The molecule has 3 N–H and O–H groups in total. The number of rotatable bonds is 3. The number of β-amino-alcohol motifs (C(OH)–C–C–N with tert-alkyl or cyclic N) is 2. The molecule has 3 atom stereocenters. The first-order chi connectivity index (χ1) is 8.54. The third-order valence-corrected chi connectivity index (χ3v) is 3.28. The van der Waals surface area contributed by atoms with Crippen LogP contribution in [-0.4, -0.2) is 47.7 Å². The van der Waals surface area contributed by atoms with Gasteiger partial charge in [-0.3, -0.25) is 0 Å². The molecule has 0 radical (unpaired) electrons. The van der Waals surface area contributed by atoms with Crippen molar-refractivity contribution in [1.29, 1.82) is 0 Å². The minimum Gasteiger partial charge on any atom is -0.496 e. The van der Waals surface area contributed by atoms with Gasteiger partial charge < -0.3 is 25.0 Å². The van der Waals surface area contributed by atoms with E-state index in [-0.39, 0.29) is 0 Å². The van der Waals surface area contributed by atoms with Crippen LogP contribution in [-0.2, 0) is 0 Å². The number of methoxy groups -OCH3 is 1. The minimum absolute atomic E-state index is 0.355. The molecule has 2 rings (SSSR count). The van der Waals surface area contributed by atoms with Crippen molar-refractivity contribution in [3.05, 3.63) is 23.8 Å². The van der Waals surface area contributed by atoms with E-state index in [4.69, 9.17) is 4.74 Å². The Bertz CT molecular complexity index is 411. The average Bonchev–Trinajstić information content (AvgIpc) is 2.68. The molecule has 5 heteroatoms. The highest BCUT2D eigenvalue weighted by atomic mass is 16.5. The van der Waals surface area contributed by atoms with Crippen molar-refractivity contribution in [1.82, 2.24) is 0 Å². The summed E-state index contributed by atoms with van der Waals surface area (Å²) in [5, 5.41) is 29.1. The van der Waals surface area contributed by atoms with E-state index in [1.165, 1.54) is 0 Å². The minimum atomic E-state index is -0.752. The second kappa shape index (κ2) is 5.14. The number of hydrogen-bond acceptors (Lipinski definition) is 5. The molecule has 0 aromatic heterocycles. The number of ether oxygens (including phenoxy) is 1. The van der Waals surface area contributed by atoms with Crippen molar-refractivity contribution in [3.8, 4) is 5.75 Å². The van der Waals surface area contributed by atoms with Gasteiger partial charge in [-0.25, -0.2) is 0 Å². The van der Waals surface area contributed by atoms with Gasteiger partial charge in [-0.05, 0) is 19.1 Å². The Kier molecular flexibility index (Phi) is 3.75. The molecule has 1 aliphatic heterocycles. The highest BCUT2D eigenvalue weighted by Crippen LogP contribution is 2.35. The maximum atomic E-state index is 9.88. The Balaban J connectivity index is 2.38. The van der Waals surface area contributed by atoms with Gasteiger partial charge >= 0.3 is 0 Å². The van der Waals surface area contributed by atoms with Gasteiger partial charge in [0, 0.05) is 24.3 Å². The molecule has 0 bridgehead atoms. The lowest BCUT2D eigenvalue weighted by Crippen LogP contribution is -2.23. The summed E-state index contributed by atoms with van der Waals surface area (Å²) in [6.45, 7) is 2.38. The van der Waals surface area contributed by atoms with Crippen LogP contribution in [0.3, 0.4) is 0 Å². The van der Waals surface area contributed by atoms with Crippen molar-refractivity contribution in [2.75, 3.05) is 25.1 Å². The van der Waals surface area contributed by atoms with Gasteiger partial charge in [-0.1, -0.05) is 6.07 Å². The zero-order chi connectivity index (χ0) is 13.3. The van der Waals surface area contributed by atoms with E-state index in [2.05, 4.69) is 0 Å². The summed E-state index contributed by atoms with van der Waals surface area (Å²) in [5.41, 5.74) is 1.47. The molecule has 18 heavy (non-hydrogen) atoms. The molecule has 1 heterocycles. The third kappa shape index (κ3) is 2.29. The van der Waals surface area contributed by atoms with Gasteiger partial charge in [-0.15, -0.1) is 0 Å². The van der Waals surface area contributed by atoms with E-state index in [0.29, 0.717) is 24.4 Å². The Hall–Kier alpha value is -1.30. The Morgan fingerprint density at radius 2 is 1.89 bits per heavy atom. The summed E-state index contributed by atoms with van der Waals surface area (Å²) in [4.78, 5) is 1.86. The molecule has 1 fully saturated rings. The van der Waals surface area contributed by atoms with Crippen molar-refractivity contribution in [2.24, 2.45) is 0 Å². The van der Waals surface area contributed by atoms with Crippen LogP contribution >= 0.6 is 0 Å². The Morgan fingerprint density at radius 1 is 1.28 bits per heavy atom. The number of nitrogens with zero attached hydrogens (tertiary/aromatic N) is 1. The maximum Gasteiger partial charge on any atom is 0.126 e. The summed E-state index contributed by atoms with van der Waals surface area (Å²) >= 11 is 0. The summed E-state index contributed by atoms with van der Waals surface area (Å²) < 4.78 is 5.25. The van der Waals surface area contributed by atoms with Gasteiger partial charge in [0.1, 0.15) is 5.75 Å². The van der Waals surface area contributed by atoms with E-state index in [0.717, 1.165) is 5.69 Å². The van der Waals surface area contributed by atoms with E-state index in [9.17, 15) is 15.3 Å². The van der Waals surface area contributed by atoms with Gasteiger partial charge in [0.05, 0.1) is 25.4 Å². The second-order valence-electron chi connectivity index (χ2n) is 4.61. The maximum absolute atomic E-state index is 9.88. The molecule has 1 saturated heterocycles. The monoisotopic (exact) mass is 253 g/mol. The largest absolute Gasteiger partial charge is 0.496 e. The van der Waals surface area contributed by atoms with Crippen LogP contribution in [0.4, 0.5) is 5.69 Å². The van der Waals surface area contributed by atoms with E-state index >= 15 is 0 Å². The van der Waals surface area contributed by atoms with E-state index < -0.39 is 18.3 Å². The molecule has 0 amide bonds. The third-order valence-electron chi connectivity index (χ3n) is 3.28. The molecule has 0 saturated carbocycles. The van der Waals surface area contributed by atoms with Crippen molar-refractivity contribution in [3.63, 3.8) is 0 Å². The van der Waals surface area contributed by atoms with Gasteiger partial charge in [-0.2, -0.15) is 0 Å². The van der Waals surface area contributed by atoms with Gasteiger partial charge in [0.25, 0.3) is 0 Å². The first-order valence-corrected chi connectivity index (χ1v) is 6.00. The predicted octanol–water partition coefficient (Wildman–Crippen LogP) is 0.290. The fraction of sp³-hybridized carbons (Fsp3) is 0.538. The summed E-state index contributed by atoms with van der Waals surface area (Å²) in [5.74, 6) is 0.610. The van der Waals surface area contributed by atoms with Crippen molar-refractivity contribution >= 4 is 5.69 Å². The fourth-order valence-corrected chi connectivity index (χ4v) is 2.37. The smallest absolute Gasteiger partial charge is 0.126 e. The van der Waals surface area contributed by atoms with Crippen LogP contribution in [0.1, 0.15) is 18.6 Å². The topological polar surface area (TPSA) is 73.2 Å². The Morgan fingerprint density at radius 3 is 2.39 bits per heavy atom. The lowest BCUT2D eigenvalue weighted by atomic mass is 10.1. The van der Waals surface area contributed by atoms with Crippen LogP contribution in [0.2, 0.25) is 0 Å². The number of aliphatic hydroxyl groups is 3. The zero-order valence-electron chi connectivity index (χ0n) is 10.6. The van der Waals surface area contributed by atoms with Crippen LogP contribution in [0.15, 0.2) is 18.2 Å². The quantitative estimate of drug-likeness (QED) is 0.722. The first kappa shape index (κ1) is 13.1. The van der Waals surface area contributed by atoms with Crippen LogP contribution in [0, 0.1) is 0 Å². The van der Waals surface area contributed by atoms with E-state index in [1.807, 2.05) is 17.0 Å². The summed E-state index contributed by atoms with van der Waals surface area (Å²) in [7, 11) is 1.55. The van der Waals surface area contributed by atoms with Gasteiger partial charge in [0.2, 0.25) is 0 Å². The lowest BCUT2D eigenvalue weighted by Gasteiger charge is -2.24. The molecule has 100 valence electrons. The number of hydrogen-bond donors (Lipinski definition) is 3. The first-order valence-electron chi connectivity index (χ1n) is 6.00.